The standard InChI is InChI=1S/C26H27N/c1-19-17-27(18-19)23-14-11-22(12-15-23)26-24-10-6-5-9-21(24)13-16-25(26)20-7-3-2-4-8-20/h2-12,14-15,19,25-26H,13,16-18H2,1H3/t25-,26-/m1/s1. The zero-order valence-corrected chi connectivity index (χ0v) is 16.0. The Morgan fingerprint density at radius 3 is 2.19 bits per heavy atom. The number of nitrogens with zero attached hydrogens (tertiary/aromatic N) is 1. The quantitative estimate of drug-likeness (QED) is 0.558. The molecule has 1 nitrogen and oxygen atoms in total. The lowest BCUT2D eigenvalue weighted by molar-refractivity contribution is 0.447. The van der Waals surface area contributed by atoms with Gasteiger partial charge in [-0.15, -0.1) is 0 Å². The van der Waals surface area contributed by atoms with Crippen molar-refractivity contribution in [2.24, 2.45) is 5.92 Å². The van der Waals surface area contributed by atoms with E-state index < -0.39 is 0 Å². The number of anilines is 1. The SMILES string of the molecule is CC1CN(c2ccc([C@@H]3c4ccccc4CC[C@@H]3c3ccccc3)cc2)C1. The van der Waals surface area contributed by atoms with Crippen LogP contribution in [-0.2, 0) is 6.42 Å². The number of fused-ring (bicyclic) bond motifs is 1. The van der Waals surface area contributed by atoms with Crippen molar-refractivity contribution in [3.63, 3.8) is 0 Å². The summed E-state index contributed by atoms with van der Waals surface area (Å²) in [7, 11) is 0. The molecule has 0 saturated carbocycles. The molecule has 0 radical (unpaired) electrons. The first-order valence-electron chi connectivity index (χ1n) is 10.3. The highest BCUT2D eigenvalue weighted by Crippen LogP contribution is 2.46. The second-order valence-electron chi connectivity index (χ2n) is 8.33. The van der Waals surface area contributed by atoms with E-state index in [2.05, 4.69) is 90.7 Å². The molecule has 0 aromatic heterocycles. The van der Waals surface area contributed by atoms with E-state index in [1.54, 1.807) is 0 Å². The van der Waals surface area contributed by atoms with Crippen LogP contribution in [0.15, 0.2) is 78.9 Å². The number of hydrogen-bond acceptors (Lipinski definition) is 1. The third-order valence-electron chi connectivity index (χ3n) is 6.43. The Balaban J connectivity index is 1.53. The Morgan fingerprint density at radius 2 is 1.44 bits per heavy atom. The highest BCUT2D eigenvalue weighted by Gasteiger charge is 2.32. The van der Waals surface area contributed by atoms with Gasteiger partial charge in [-0.25, -0.2) is 0 Å². The van der Waals surface area contributed by atoms with E-state index in [0.717, 1.165) is 5.92 Å². The number of aryl methyl sites for hydroxylation is 1. The van der Waals surface area contributed by atoms with Gasteiger partial charge in [-0.05, 0) is 59.1 Å². The lowest BCUT2D eigenvalue weighted by Crippen LogP contribution is -2.45. The van der Waals surface area contributed by atoms with Gasteiger partial charge in [-0.3, -0.25) is 0 Å². The van der Waals surface area contributed by atoms with E-state index in [0.29, 0.717) is 11.8 Å². The normalized spacial score (nSPS) is 22.2. The fourth-order valence-corrected chi connectivity index (χ4v) is 5.03. The first-order valence-corrected chi connectivity index (χ1v) is 10.3. The molecule has 1 heteroatoms. The molecule has 2 aliphatic rings. The molecule has 0 N–H and O–H groups in total. The van der Waals surface area contributed by atoms with Gasteiger partial charge in [0.25, 0.3) is 0 Å². The van der Waals surface area contributed by atoms with Crippen LogP contribution in [0.3, 0.4) is 0 Å². The molecule has 27 heavy (non-hydrogen) atoms. The Morgan fingerprint density at radius 1 is 0.741 bits per heavy atom. The molecule has 136 valence electrons. The minimum atomic E-state index is 0.446. The van der Waals surface area contributed by atoms with Crippen molar-refractivity contribution in [2.75, 3.05) is 18.0 Å². The predicted molar refractivity (Wildman–Crippen MR) is 114 cm³/mol. The molecule has 3 aromatic carbocycles. The van der Waals surface area contributed by atoms with Crippen molar-refractivity contribution in [2.45, 2.75) is 31.6 Å². The van der Waals surface area contributed by atoms with Crippen LogP contribution in [-0.4, -0.2) is 13.1 Å². The molecule has 1 aliphatic carbocycles. The van der Waals surface area contributed by atoms with Crippen LogP contribution in [0.2, 0.25) is 0 Å². The van der Waals surface area contributed by atoms with E-state index >= 15 is 0 Å². The minimum Gasteiger partial charge on any atom is -0.371 e. The predicted octanol–water partition coefficient (Wildman–Crippen LogP) is 6.00. The zero-order chi connectivity index (χ0) is 18.2. The Hall–Kier alpha value is -2.54. The maximum Gasteiger partial charge on any atom is 0.0366 e. The summed E-state index contributed by atoms with van der Waals surface area (Å²) in [5.74, 6) is 1.83. The topological polar surface area (TPSA) is 3.24 Å². The first kappa shape index (κ1) is 16.6. The lowest BCUT2D eigenvalue weighted by atomic mass is 9.69. The molecule has 3 aromatic rings. The van der Waals surface area contributed by atoms with Gasteiger partial charge in [0, 0.05) is 24.7 Å². The number of hydrogen-bond donors (Lipinski definition) is 0. The average Bonchev–Trinajstić information content (AvgIpc) is 2.71. The van der Waals surface area contributed by atoms with Gasteiger partial charge >= 0.3 is 0 Å². The van der Waals surface area contributed by atoms with E-state index in [4.69, 9.17) is 0 Å². The second-order valence-corrected chi connectivity index (χ2v) is 8.33. The molecule has 1 aliphatic heterocycles. The van der Waals surface area contributed by atoms with Crippen LogP contribution in [0.25, 0.3) is 0 Å². The van der Waals surface area contributed by atoms with Crippen molar-refractivity contribution in [3.05, 3.63) is 101 Å². The Bertz CT molecular complexity index is 906. The fraction of sp³-hybridized carbons (Fsp3) is 0.308. The summed E-state index contributed by atoms with van der Waals surface area (Å²) in [5.41, 5.74) is 7.33. The number of benzene rings is 3. The van der Waals surface area contributed by atoms with E-state index in [1.165, 1.54) is 53.9 Å². The molecule has 0 unspecified atom stereocenters. The van der Waals surface area contributed by atoms with Crippen LogP contribution in [0.4, 0.5) is 5.69 Å². The van der Waals surface area contributed by atoms with Gasteiger partial charge in [0.05, 0.1) is 0 Å². The molecule has 5 rings (SSSR count). The maximum absolute atomic E-state index is 2.48. The molecule has 0 spiro atoms. The average molecular weight is 354 g/mol. The van der Waals surface area contributed by atoms with Crippen molar-refractivity contribution >= 4 is 5.69 Å². The molecule has 1 fully saturated rings. The van der Waals surface area contributed by atoms with Crippen LogP contribution in [0.1, 0.15) is 47.4 Å². The van der Waals surface area contributed by atoms with Gasteiger partial charge in [-0.1, -0.05) is 73.7 Å². The summed E-state index contributed by atoms with van der Waals surface area (Å²) in [6, 6.07) is 29.6. The number of rotatable bonds is 3. The van der Waals surface area contributed by atoms with E-state index in [1.807, 2.05) is 0 Å². The maximum atomic E-state index is 2.48. The lowest BCUT2D eigenvalue weighted by Gasteiger charge is -2.39. The van der Waals surface area contributed by atoms with Gasteiger partial charge < -0.3 is 4.90 Å². The van der Waals surface area contributed by atoms with Gasteiger partial charge in [0.15, 0.2) is 0 Å². The second kappa shape index (κ2) is 6.88. The molecule has 1 heterocycles. The smallest absolute Gasteiger partial charge is 0.0366 e. The Kier molecular flexibility index (Phi) is 4.24. The third kappa shape index (κ3) is 3.06. The van der Waals surface area contributed by atoms with Crippen molar-refractivity contribution < 1.29 is 0 Å². The minimum absolute atomic E-state index is 0.446. The Labute approximate surface area is 162 Å². The molecular formula is C26H27N. The summed E-state index contributed by atoms with van der Waals surface area (Å²) in [4.78, 5) is 2.48. The molecule has 2 atom stereocenters. The van der Waals surface area contributed by atoms with Crippen LogP contribution in [0, 0.1) is 5.92 Å². The zero-order valence-electron chi connectivity index (χ0n) is 16.0. The highest BCUT2D eigenvalue weighted by atomic mass is 15.2. The molecular weight excluding hydrogens is 326 g/mol. The first-order chi connectivity index (χ1) is 13.3. The van der Waals surface area contributed by atoms with Gasteiger partial charge in [0.1, 0.15) is 0 Å². The summed E-state index contributed by atoms with van der Waals surface area (Å²) in [6.07, 6.45) is 2.40. The van der Waals surface area contributed by atoms with Gasteiger partial charge in [0.2, 0.25) is 0 Å². The van der Waals surface area contributed by atoms with Crippen molar-refractivity contribution in [1.29, 1.82) is 0 Å². The van der Waals surface area contributed by atoms with Crippen molar-refractivity contribution in [1.82, 2.24) is 0 Å². The summed E-state index contributed by atoms with van der Waals surface area (Å²) in [5, 5.41) is 0. The van der Waals surface area contributed by atoms with E-state index in [-0.39, 0.29) is 0 Å². The molecule has 1 saturated heterocycles. The van der Waals surface area contributed by atoms with Crippen molar-refractivity contribution in [3.8, 4) is 0 Å². The monoisotopic (exact) mass is 353 g/mol. The molecule has 0 bridgehead atoms. The summed E-state index contributed by atoms with van der Waals surface area (Å²) in [6.45, 7) is 4.71. The van der Waals surface area contributed by atoms with E-state index in [9.17, 15) is 0 Å². The van der Waals surface area contributed by atoms with Crippen LogP contribution < -0.4 is 4.90 Å². The summed E-state index contributed by atoms with van der Waals surface area (Å²) < 4.78 is 0. The molecule has 0 amide bonds. The van der Waals surface area contributed by atoms with Crippen LogP contribution >= 0.6 is 0 Å². The highest BCUT2D eigenvalue weighted by molar-refractivity contribution is 5.53. The van der Waals surface area contributed by atoms with Gasteiger partial charge in [-0.2, -0.15) is 0 Å². The largest absolute Gasteiger partial charge is 0.371 e. The van der Waals surface area contributed by atoms with Crippen LogP contribution in [0.5, 0.6) is 0 Å². The summed E-state index contributed by atoms with van der Waals surface area (Å²) >= 11 is 0. The third-order valence-corrected chi connectivity index (χ3v) is 6.43. The fourth-order valence-electron chi connectivity index (χ4n) is 5.03.